The summed E-state index contributed by atoms with van der Waals surface area (Å²) >= 11 is 9.10. The number of para-hydroxylation sites is 1. The summed E-state index contributed by atoms with van der Waals surface area (Å²) < 4.78 is 1.02. The number of rotatable bonds is 6. The molecular formula is C26H21ClN4OS2. The molecule has 0 fully saturated rings. The van der Waals surface area contributed by atoms with E-state index >= 15 is 0 Å². The number of carbonyl (C=O) groups excluding carboxylic acids is 1. The first kappa shape index (κ1) is 22.7. The van der Waals surface area contributed by atoms with E-state index in [1.807, 2.05) is 97.9 Å². The van der Waals surface area contributed by atoms with Crippen LogP contribution in [-0.2, 0) is 4.79 Å². The van der Waals surface area contributed by atoms with Crippen molar-refractivity contribution in [3.8, 4) is 0 Å². The fraction of sp³-hybridized carbons (Fsp3) is 0.115. The fourth-order valence-electron chi connectivity index (χ4n) is 3.51. The molecule has 3 aromatic carbocycles. The van der Waals surface area contributed by atoms with E-state index in [2.05, 4.69) is 4.98 Å². The number of halogens is 1. The van der Waals surface area contributed by atoms with Gasteiger partial charge in [-0.15, -0.1) is 11.8 Å². The van der Waals surface area contributed by atoms with Crippen LogP contribution < -0.4 is 9.91 Å². The normalized spacial score (nSPS) is 14.8. The number of thioether (sulfide) groups is 1. The van der Waals surface area contributed by atoms with Gasteiger partial charge in [-0.25, -0.2) is 4.98 Å². The topological polar surface area (TPSA) is 48.8 Å². The second kappa shape index (κ2) is 9.62. The number of thiazole rings is 1. The van der Waals surface area contributed by atoms with E-state index in [-0.39, 0.29) is 5.91 Å². The van der Waals surface area contributed by atoms with Crippen molar-refractivity contribution >= 4 is 73.4 Å². The standard InChI is InChI=1S/C26H21ClN4OS2/c1-30(2)19-11-7-17(8-12-19)15-21-23(16-33-20-13-9-18(27)10-14-20)29-31(25(21)32)26-28-22-5-3-4-6-24(22)34-26/h3-15H,16H2,1-2H3/b21-15+. The van der Waals surface area contributed by atoms with Gasteiger partial charge < -0.3 is 4.90 Å². The molecule has 0 spiro atoms. The summed E-state index contributed by atoms with van der Waals surface area (Å²) in [6.07, 6.45) is 1.91. The molecule has 1 amide bonds. The van der Waals surface area contributed by atoms with Crippen LogP contribution in [0.3, 0.4) is 0 Å². The van der Waals surface area contributed by atoms with E-state index in [0.717, 1.165) is 32.1 Å². The summed E-state index contributed by atoms with van der Waals surface area (Å²) in [5, 5.41) is 7.42. The van der Waals surface area contributed by atoms with E-state index in [1.54, 1.807) is 11.8 Å². The summed E-state index contributed by atoms with van der Waals surface area (Å²) in [4.78, 5) is 21.3. The summed E-state index contributed by atoms with van der Waals surface area (Å²) in [6.45, 7) is 0. The lowest BCUT2D eigenvalue weighted by atomic mass is 10.1. The summed E-state index contributed by atoms with van der Waals surface area (Å²) in [5.74, 6) is 0.388. The van der Waals surface area contributed by atoms with Crippen molar-refractivity contribution in [1.82, 2.24) is 4.98 Å². The number of fused-ring (bicyclic) bond motifs is 1. The zero-order valence-electron chi connectivity index (χ0n) is 18.6. The Balaban J connectivity index is 1.48. The molecule has 4 aromatic rings. The lowest BCUT2D eigenvalue weighted by molar-refractivity contribution is -0.114. The molecule has 170 valence electrons. The number of nitrogens with zero attached hydrogens (tertiary/aromatic N) is 4. The quantitative estimate of drug-likeness (QED) is 0.219. The van der Waals surface area contributed by atoms with Crippen molar-refractivity contribution in [2.75, 3.05) is 29.8 Å². The highest BCUT2D eigenvalue weighted by Crippen LogP contribution is 2.34. The van der Waals surface area contributed by atoms with Crippen molar-refractivity contribution in [3.05, 3.63) is 89.0 Å². The highest BCUT2D eigenvalue weighted by molar-refractivity contribution is 8.00. The van der Waals surface area contributed by atoms with Gasteiger partial charge in [0, 0.05) is 35.5 Å². The third kappa shape index (κ3) is 4.73. The molecule has 0 saturated heterocycles. The maximum Gasteiger partial charge on any atom is 0.282 e. The van der Waals surface area contributed by atoms with Crippen LogP contribution in [0.15, 0.2) is 88.4 Å². The van der Waals surface area contributed by atoms with E-state index < -0.39 is 0 Å². The van der Waals surface area contributed by atoms with Crippen LogP contribution >= 0.6 is 34.7 Å². The Morgan fingerprint density at radius 1 is 1.03 bits per heavy atom. The summed E-state index contributed by atoms with van der Waals surface area (Å²) in [6, 6.07) is 23.6. The molecule has 1 aliphatic heterocycles. The molecule has 1 aromatic heterocycles. The Kier molecular flexibility index (Phi) is 6.41. The minimum Gasteiger partial charge on any atom is -0.378 e. The first-order valence-electron chi connectivity index (χ1n) is 10.6. The Bertz CT molecular complexity index is 1380. The molecule has 0 unspecified atom stereocenters. The Labute approximate surface area is 211 Å². The third-order valence-corrected chi connectivity index (χ3v) is 7.62. The number of anilines is 2. The number of benzene rings is 3. The molecule has 0 N–H and O–H groups in total. The van der Waals surface area contributed by atoms with E-state index in [4.69, 9.17) is 16.7 Å². The van der Waals surface area contributed by atoms with Gasteiger partial charge in [-0.05, 0) is 60.2 Å². The lowest BCUT2D eigenvalue weighted by Gasteiger charge is -2.12. The highest BCUT2D eigenvalue weighted by Gasteiger charge is 2.33. The number of hydrogen-bond acceptors (Lipinski definition) is 6. The smallest absolute Gasteiger partial charge is 0.282 e. The molecule has 2 heterocycles. The molecule has 0 saturated carbocycles. The second-order valence-electron chi connectivity index (χ2n) is 7.91. The number of hydrogen-bond donors (Lipinski definition) is 0. The molecule has 8 heteroatoms. The highest BCUT2D eigenvalue weighted by atomic mass is 35.5. The molecule has 0 atom stereocenters. The predicted molar refractivity (Wildman–Crippen MR) is 145 cm³/mol. The van der Waals surface area contributed by atoms with Crippen LogP contribution in [0.2, 0.25) is 5.02 Å². The molecular weight excluding hydrogens is 484 g/mol. The van der Waals surface area contributed by atoms with Gasteiger partial charge in [0.25, 0.3) is 5.91 Å². The number of aromatic nitrogens is 1. The van der Waals surface area contributed by atoms with Gasteiger partial charge >= 0.3 is 0 Å². The van der Waals surface area contributed by atoms with Gasteiger partial charge in [0.05, 0.1) is 21.5 Å². The van der Waals surface area contributed by atoms with Crippen molar-refractivity contribution in [3.63, 3.8) is 0 Å². The first-order chi connectivity index (χ1) is 16.5. The molecule has 0 bridgehead atoms. The SMILES string of the molecule is CN(C)c1ccc(/C=C2/C(=O)N(c3nc4ccccc4s3)N=C2CSc2ccc(Cl)cc2)cc1. The van der Waals surface area contributed by atoms with Crippen LogP contribution in [0.25, 0.3) is 16.3 Å². The van der Waals surface area contributed by atoms with Crippen LogP contribution in [0.1, 0.15) is 5.56 Å². The molecule has 0 aliphatic carbocycles. The van der Waals surface area contributed by atoms with Crippen molar-refractivity contribution < 1.29 is 4.79 Å². The van der Waals surface area contributed by atoms with Gasteiger partial charge in [-0.1, -0.05) is 47.2 Å². The summed E-state index contributed by atoms with van der Waals surface area (Å²) in [5.41, 5.74) is 4.21. The van der Waals surface area contributed by atoms with E-state index in [9.17, 15) is 4.79 Å². The summed E-state index contributed by atoms with van der Waals surface area (Å²) in [7, 11) is 4.01. The monoisotopic (exact) mass is 504 g/mol. The minimum atomic E-state index is -0.164. The van der Waals surface area contributed by atoms with Crippen molar-refractivity contribution in [2.45, 2.75) is 4.90 Å². The zero-order valence-corrected chi connectivity index (χ0v) is 21.0. The molecule has 5 rings (SSSR count). The second-order valence-corrected chi connectivity index (χ2v) is 10.4. The lowest BCUT2D eigenvalue weighted by Crippen LogP contribution is -2.21. The average Bonchev–Trinajstić information content (AvgIpc) is 3.40. The Morgan fingerprint density at radius 2 is 1.76 bits per heavy atom. The Morgan fingerprint density at radius 3 is 2.47 bits per heavy atom. The number of hydrazone groups is 1. The maximum atomic E-state index is 13.5. The van der Waals surface area contributed by atoms with E-state index in [0.29, 0.717) is 21.5 Å². The molecule has 1 aliphatic rings. The Hall–Kier alpha value is -3.13. The fourth-order valence-corrected chi connectivity index (χ4v) is 5.39. The van der Waals surface area contributed by atoms with Gasteiger partial charge in [-0.3, -0.25) is 4.79 Å². The average molecular weight is 505 g/mol. The van der Waals surface area contributed by atoms with Crippen LogP contribution in [0.5, 0.6) is 0 Å². The predicted octanol–water partition coefficient (Wildman–Crippen LogP) is 6.59. The molecule has 34 heavy (non-hydrogen) atoms. The van der Waals surface area contributed by atoms with Gasteiger partial charge in [0.2, 0.25) is 5.13 Å². The van der Waals surface area contributed by atoms with Crippen molar-refractivity contribution in [1.29, 1.82) is 0 Å². The zero-order chi connectivity index (χ0) is 23.7. The van der Waals surface area contributed by atoms with Crippen LogP contribution in [-0.4, -0.2) is 36.5 Å². The first-order valence-corrected chi connectivity index (χ1v) is 12.8. The third-order valence-electron chi connectivity index (χ3n) is 5.33. The number of amides is 1. The van der Waals surface area contributed by atoms with Crippen LogP contribution in [0.4, 0.5) is 10.8 Å². The van der Waals surface area contributed by atoms with Gasteiger partial charge in [0.15, 0.2) is 0 Å². The van der Waals surface area contributed by atoms with Gasteiger partial charge in [-0.2, -0.15) is 10.1 Å². The molecule has 5 nitrogen and oxygen atoms in total. The van der Waals surface area contributed by atoms with E-state index in [1.165, 1.54) is 16.3 Å². The molecule has 0 radical (unpaired) electrons. The largest absolute Gasteiger partial charge is 0.378 e. The van der Waals surface area contributed by atoms with Gasteiger partial charge in [0.1, 0.15) is 0 Å². The maximum absolute atomic E-state index is 13.5. The number of carbonyl (C=O) groups is 1. The minimum absolute atomic E-state index is 0.164. The van der Waals surface area contributed by atoms with Crippen LogP contribution in [0, 0.1) is 0 Å². The van der Waals surface area contributed by atoms with Crippen molar-refractivity contribution in [2.24, 2.45) is 5.10 Å².